The number of hydrogen-bond donors (Lipinski definition) is 2. The molecule has 0 saturated carbocycles. The molecule has 2 heterocycles. The summed E-state index contributed by atoms with van der Waals surface area (Å²) in [6, 6.07) is 5.70. The van der Waals surface area contributed by atoms with E-state index in [0.717, 1.165) is 24.2 Å². The SMILES string of the molecule is CCCNc1nc(NCc2ccc(C)nc2)c(Cl)cc1Cl. The van der Waals surface area contributed by atoms with Gasteiger partial charge >= 0.3 is 0 Å². The summed E-state index contributed by atoms with van der Waals surface area (Å²) in [7, 11) is 0. The van der Waals surface area contributed by atoms with Crippen LogP contribution in [0.4, 0.5) is 11.6 Å². The largest absolute Gasteiger partial charge is 0.369 e. The van der Waals surface area contributed by atoms with Crippen LogP contribution in [0.25, 0.3) is 0 Å². The van der Waals surface area contributed by atoms with Gasteiger partial charge < -0.3 is 10.6 Å². The zero-order chi connectivity index (χ0) is 15.2. The number of hydrogen-bond acceptors (Lipinski definition) is 4. The predicted octanol–water partition coefficient (Wildman–Crippen LogP) is 4.53. The van der Waals surface area contributed by atoms with Crippen molar-refractivity contribution in [2.24, 2.45) is 0 Å². The van der Waals surface area contributed by atoms with E-state index in [9.17, 15) is 0 Å². The summed E-state index contributed by atoms with van der Waals surface area (Å²) in [4.78, 5) is 8.69. The van der Waals surface area contributed by atoms with Gasteiger partial charge in [-0.25, -0.2) is 4.98 Å². The zero-order valence-corrected chi connectivity index (χ0v) is 13.6. The van der Waals surface area contributed by atoms with Crippen molar-refractivity contribution in [1.82, 2.24) is 9.97 Å². The Kier molecular flexibility index (Phi) is 5.65. The van der Waals surface area contributed by atoms with Crippen LogP contribution in [0.2, 0.25) is 10.0 Å². The number of nitrogens with one attached hydrogen (secondary N) is 2. The quantitative estimate of drug-likeness (QED) is 0.819. The average molecular weight is 325 g/mol. The molecular formula is C15H18Cl2N4. The van der Waals surface area contributed by atoms with Gasteiger partial charge in [0.2, 0.25) is 0 Å². The van der Waals surface area contributed by atoms with Crippen LogP contribution in [0.15, 0.2) is 24.4 Å². The molecule has 0 aliphatic heterocycles. The van der Waals surface area contributed by atoms with Crippen LogP contribution in [-0.2, 0) is 6.54 Å². The zero-order valence-electron chi connectivity index (χ0n) is 12.1. The highest BCUT2D eigenvalue weighted by Crippen LogP contribution is 2.29. The van der Waals surface area contributed by atoms with E-state index < -0.39 is 0 Å². The number of nitrogens with zero attached hydrogens (tertiary/aromatic N) is 2. The van der Waals surface area contributed by atoms with Crippen molar-refractivity contribution < 1.29 is 0 Å². The molecule has 0 aliphatic carbocycles. The topological polar surface area (TPSA) is 49.8 Å². The molecule has 2 aromatic heterocycles. The van der Waals surface area contributed by atoms with E-state index in [2.05, 4.69) is 27.5 Å². The summed E-state index contributed by atoms with van der Waals surface area (Å²) in [5, 5.41) is 7.42. The van der Waals surface area contributed by atoms with Crippen molar-refractivity contribution in [3.63, 3.8) is 0 Å². The molecule has 0 bridgehead atoms. The van der Waals surface area contributed by atoms with E-state index in [1.165, 1.54) is 0 Å². The lowest BCUT2D eigenvalue weighted by Crippen LogP contribution is -2.07. The van der Waals surface area contributed by atoms with E-state index in [-0.39, 0.29) is 0 Å². The maximum Gasteiger partial charge on any atom is 0.147 e. The number of halogens is 2. The molecule has 0 amide bonds. The first-order chi connectivity index (χ1) is 10.1. The highest BCUT2D eigenvalue weighted by Gasteiger charge is 2.09. The monoisotopic (exact) mass is 324 g/mol. The summed E-state index contributed by atoms with van der Waals surface area (Å²) in [6.45, 7) is 5.46. The van der Waals surface area contributed by atoms with Gasteiger partial charge in [-0.05, 0) is 31.0 Å². The fourth-order valence-corrected chi connectivity index (χ4v) is 2.24. The standard InChI is InChI=1S/C15H18Cl2N4/c1-3-6-18-14-12(16)7-13(17)15(21-14)20-9-11-5-4-10(2)19-8-11/h4-5,7-8H,3,6,9H2,1-2H3,(H2,18,20,21). The highest BCUT2D eigenvalue weighted by molar-refractivity contribution is 6.37. The van der Waals surface area contributed by atoms with Crippen molar-refractivity contribution in [2.45, 2.75) is 26.8 Å². The molecular weight excluding hydrogens is 307 g/mol. The van der Waals surface area contributed by atoms with Gasteiger partial charge in [0, 0.05) is 25.0 Å². The number of aromatic nitrogens is 2. The lowest BCUT2D eigenvalue weighted by molar-refractivity contribution is 0.968. The van der Waals surface area contributed by atoms with Gasteiger partial charge in [0.25, 0.3) is 0 Å². The van der Waals surface area contributed by atoms with Crippen LogP contribution in [0.1, 0.15) is 24.6 Å². The Hall–Kier alpha value is -1.52. The lowest BCUT2D eigenvalue weighted by atomic mass is 10.2. The van der Waals surface area contributed by atoms with Crippen molar-refractivity contribution in [2.75, 3.05) is 17.2 Å². The number of anilines is 2. The van der Waals surface area contributed by atoms with Gasteiger partial charge in [0.05, 0.1) is 10.0 Å². The first-order valence-electron chi connectivity index (χ1n) is 6.85. The Balaban J connectivity index is 2.09. The summed E-state index contributed by atoms with van der Waals surface area (Å²) in [5.74, 6) is 1.26. The number of aryl methyl sites for hydroxylation is 1. The summed E-state index contributed by atoms with van der Waals surface area (Å²) >= 11 is 12.3. The Bertz CT molecular complexity index is 599. The molecule has 112 valence electrons. The molecule has 2 rings (SSSR count). The molecule has 0 aliphatic rings. The Morgan fingerprint density at radius 1 is 1.10 bits per heavy atom. The Morgan fingerprint density at radius 2 is 1.81 bits per heavy atom. The van der Waals surface area contributed by atoms with Crippen LogP contribution in [-0.4, -0.2) is 16.5 Å². The van der Waals surface area contributed by atoms with Gasteiger partial charge in [0.15, 0.2) is 0 Å². The number of rotatable bonds is 6. The summed E-state index contributed by atoms with van der Waals surface area (Å²) in [5.41, 5.74) is 2.06. The third-order valence-corrected chi connectivity index (χ3v) is 3.48. The van der Waals surface area contributed by atoms with Crippen molar-refractivity contribution in [3.8, 4) is 0 Å². The normalized spacial score (nSPS) is 10.5. The average Bonchev–Trinajstić information content (AvgIpc) is 2.47. The molecule has 0 aromatic carbocycles. The van der Waals surface area contributed by atoms with Gasteiger partial charge in [0.1, 0.15) is 11.6 Å². The fourth-order valence-electron chi connectivity index (χ4n) is 1.75. The minimum Gasteiger partial charge on any atom is -0.369 e. The van der Waals surface area contributed by atoms with Gasteiger partial charge in [-0.15, -0.1) is 0 Å². The predicted molar refractivity (Wildman–Crippen MR) is 89.3 cm³/mol. The molecule has 2 aromatic rings. The number of pyridine rings is 2. The van der Waals surface area contributed by atoms with Crippen LogP contribution in [0.3, 0.4) is 0 Å². The van der Waals surface area contributed by atoms with Gasteiger partial charge in [-0.3, -0.25) is 4.98 Å². The maximum absolute atomic E-state index is 6.17. The molecule has 0 atom stereocenters. The molecule has 0 radical (unpaired) electrons. The van der Waals surface area contributed by atoms with E-state index in [4.69, 9.17) is 23.2 Å². The minimum absolute atomic E-state index is 0.502. The molecule has 0 unspecified atom stereocenters. The molecule has 4 nitrogen and oxygen atoms in total. The lowest BCUT2D eigenvalue weighted by Gasteiger charge is -2.12. The van der Waals surface area contributed by atoms with E-state index >= 15 is 0 Å². The molecule has 21 heavy (non-hydrogen) atoms. The van der Waals surface area contributed by atoms with Gasteiger partial charge in [-0.1, -0.05) is 36.2 Å². The first-order valence-corrected chi connectivity index (χ1v) is 7.61. The molecule has 0 fully saturated rings. The Morgan fingerprint density at radius 3 is 2.43 bits per heavy atom. The van der Waals surface area contributed by atoms with E-state index in [1.807, 2.05) is 25.3 Å². The van der Waals surface area contributed by atoms with E-state index in [0.29, 0.717) is 28.2 Å². The van der Waals surface area contributed by atoms with Crippen molar-refractivity contribution in [1.29, 1.82) is 0 Å². The molecule has 2 N–H and O–H groups in total. The van der Waals surface area contributed by atoms with Crippen LogP contribution < -0.4 is 10.6 Å². The third-order valence-electron chi connectivity index (χ3n) is 2.90. The smallest absolute Gasteiger partial charge is 0.147 e. The van der Waals surface area contributed by atoms with Crippen LogP contribution in [0.5, 0.6) is 0 Å². The molecule has 0 saturated heterocycles. The molecule has 6 heteroatoms. The summed E-state index contributed by atoms with van der Waals surface area (Å²) in [6.07, 6.45) is 2.83. The summed E-state index contributed by atoms with van der Waals surface area (Å²) < 4.78 is 0. The minimum atomic E-state index is 0.502. The third kappa shape index (κ3) is 4.48. The second kappa shape index (κ2) is 7.48. The Labute approximate surface area is 134 Å². The van der Waals surface area contributed by atoms with Crippen molar-refractivity contribution in [3.05, 3.63) is 45.7 Å². The van der Waals surface area contributed by atoms with Crippen LogP contribution >= 0.6 is 23.2 Å². The highest BCUT2D eigenvalue weighted by atomic mass is 35.5. The fraction of sp³-hybridized carbons (Fsp3) is 0.333. The van der Waals surface area contributed by atoms with Crippen LogP contribution in [0, 0.1) is 6.92 Å². The van der Waals surface area contributed by atoms with Crippen molar-refractivity contribution >= 4 is 34.8 Å². The van der Waals surface area contributed by atoms with E-state index in [1.54, 1.807) is 6.07 Å². The first kappa shape index (κ1) is 15.9. The second-order valence-electron chi connectivity index (χ2n) is 4.74. The maximum atomic E-state index is 6.17. The van der Waals surface area contributed by atoms with Gasteiger partial charge in [-0.2, -0.15) is 0 Å². The molecule has 0 spiro atoms. The second-order valence-corrected chi connectivity index (χ2v) is 5.55.